The summed E-state index contributed by atoms with van der Waals surface area (Å²) in [5.41, 5.74) is 0. The van der Waals surface area contributed by atoms with Crippen LogP contribution in [0.1, 0.15) is 6.92 Å². The molecule has 0 aromatic rings. The molecule has 0 bridgehead atoms. The zero-order chi connectivity index (χ0) is 19.6. The van der Waals surface area contributed by atoms with Gasteiger partial charge in [0.15, 0.2) is 12.4 Å². The Morgan fingerprint density at radius 1 is 0.962 bits per heavy atom. The molecular formula is C14H24O12. The van der Waals surface area contributed by atoms with Gasteiger partial charge in [0.2, 0.25) is 5.79 Å². The molecule has 152 valence electrons. The minimum absolute atomic E-state index is 0.696. The fourth-order valence-corrected chi connectivity index (χ4v) is 2.95. The summed E-state index contributed by atoms with van der Waals surface area (Å²) in [5.74, 6) is -3.07. The summed E-state index contributed by atoms with van der Waals surface area (Å²) in [7, 11) is 0. The molecule has 9 atom stereocenters. The van der Waals surface area contributed by atoms with Crippen LogP contribution >= 0.6 is 0 Å². The van der Waals surface area contributed by atoms with E-state index in [0.717, 1.165) is 6.92 Å². The summed E-state index contributed by atoms with van der Waals surface area (Å²) in [6.45, 7) is -1.35. The molecule has 7 N–H and O–H groups in total. The van der Waals surface area contributed by atoms with Crippen molar-refractivity contribution in [1.82, 2.24) is 0 Å². The lowest BCUT2D eigenvalue weighted by Crippen LogP contribution is -2.63. The Bertz CT molecular complexity index is 487. The van der Waals surface area contributed by atoms with Crippen molar-refractivity contribution in [3.8, 4) is 0 Å². The Balaban J connectivity index is 2.28. The van der Waals surface area contributed by atoms with Gasteiger partial charge in [0.05, 0.1) is 13.2 Å². The molecular weight excluding hydrogens is 360 g/mol. The van der Waals surface area contributed by atoms with Gasteiger partial charge in [-0.05, 0) is 0 Å². The van der Waals surface area contributed by atoms with Gasteiger partial charge in [-0.1, -0.05) is 0 Å². The number of hydrogen-bond donors (Lipinski definition) is 7. The van der Waals surface area contributed by atoms with Gasteiger partial charge in [-0.25, -0.2) is 0 Å². The smallest absolute Gasteiger partial charge is 0.303 e. The van der Waals surface area contributed by atoms with Gasteiger partial charge < -0.3 is 54.7 Å². The third-order valence-corrected chi connectivity index (χ3v) is 4.33. The normalized spacial score (nSPS) is 46.3. The Kier molecular flexibility index (Phi) is 6.90. The second-order valence-corrected chi connectivity index (χ2v) is 6.14. The van der Waals surface area contributed by atoms with Crippen LogP contribution in [-0.2, 0) is 23.7 Å². The van der Waals surface area contributed by atoms with Crippen molar-refractivity contribution in [1.29, 1.82) is 0 Å². The van der Waals surface area contributed by atoms with Crippen LogP contribution in [0.3, 0.4) is 0 Å². The van der Waals surface area contributed by atoms with Gasteiger partial charge >= 0.3 is 5.97 Å². The second-order valence-electron chi connectivity index (χ2n) is 6.14. The molecule has 2 rings (SSSR count). The summed E-state index contributed by atoms with van der Waals surface area (Å²) in [6.07, 6.45) is -12.7. The summed E-state index contributed by atoms with van der Waals surface area (Å²) in [5, 5.41) is 68.0. The molecule has 26 heavy (non-hydrogen) atoms. The maximum absolute atomic E-state index is 11.3. The zero-order valence-corrected chi connectivity index (χ0v) is 13.9. The van der Waals surface area contributed by atoms with Gasteiger partial charge in [0.25, 0.3) is 0 Å². The lowest BCUT2D eigenvalue weighted by Gasteiger charge is -2.43. The van der Waals surface area contributed by atoms with Crippen molar-refractivity contribution in [3.63, 3.8) is 0 Å². The van der Waals surface area contributed by atoms with E-state index in [-0.39, 0.29) is 0 Å². The van der Waals surface area contributed by atoms with E-state index in [1.54, 1.807) is 0 Å². The molecule has 2 heterocycles. The fraction of sp³-hybridized carbons (Fsp3) is 0.929. The quantitative estimate of drug-likeness (QED) is 0.216. The minimum Gasteiger partial charge on any atom is -0.454 e. The highest BCUT2D eigenvalue weighted by Crippen LogP contribution is 2.37. The molecule has 2 aliphatic heterocycles. The molecule has 0 unspecified atom stereocenters. The average Bonchev–Trinajstić information content (AvgIpc) is 2.87. The van der Waals surface area contributed by atoms with E-state index in [1.807, 2.05) is 0 Å². The van der Waals surface area contributed by atoms with Crippen LogP contribution in [0.15, 0.2) is 0 Å². The Hall–Kier alpha value is -0.930. The third-order valence-electron chi connectivity index (χ3n) is 4.33. The van der Waals surface area contributed by atoms with Crippen LogP contribution < -0.4 is 0 Å². The van der Waals surface area contributed by atoms with Crippen LogP contribution in [0.25, 0.3) is 0 Å². The molecule has 0 saturated carbocycles. The summed E-state index contributed by atoms with van der Waals surface area (Å²) >= 11 is 0. The first-order valence-corrected chi connectivity index (χ1v) is 7.94. The number of aliphatic hydroxyl groups excluding tert-OH is 7. The highest BCUT2D eigenvalue weighted by molar-refractivity contribution is 5.66. The van der Waals surface area contributed by atoms with E-state index < -0.39 is 80.6 Å². The zero-order valence-electron chi connectivity index (χ0n) is 13.9. The van der Waals surface area contributed by atoms with Crippen molar-refractivity contribution < 1.29 is 59.5 Å². The molecule has 2 saturated heterocycles. The molecule has 0 radical (unpaired) electrons. The monoisotopic (exact) mass is 384 g/mol. The Morgan fingerprint density at radius 2 is 1.58 bits per heavy atom. The van der Waals surface area contributed by atoms with Crippen molar-refractivity contribution in [2.24, 2.45) is 0 Å². The maximum atomic E-state index is 11.3. The van der Waals surface area contributed by atoms with Crippen LogP contribution in [0, 0.1) is 0 Å². The van der Waals surface area contributed by atoms with Crippen molar-refractivity contribution in [3.05, 3.63) is 0 Å². The molecule has 0 spiro atoms. The van der Waals surface area contributed by atoms with Gasteiger partial charge in [-0.2, -0.15) is 0 Å². The predicted molar refractivity (Wildman–Crippen MR) is 78.2 cm³/mol. The Morgan fingerprint density at radius 3 is 2.08 bits per heavy atom. The van der Waals surface area contributed by atoms with E-state index in [0.29, 0.717) is 0 Å². The first-order valence-electron chi connectivity index (χ1n) is 7.94. The van der Waals surface area contributed by atoms with Crippen LogP contribution in [-0.4, -0.2) is 116 Å². The summed E-state index contributed by atoms with van der Waals surface area (Å²) in [4.78, 5) is 11.3. The number of carbonyl (C=O) groups is 1. The molecule has 0 amide bonds. The Labute approximate surface area is 148 Å². The lowest BCUT2D eigenvalue weighted by atomic mass is 9.99. The molecule has 0 aromatic carbocycles. The highest BCUT2D eigenvalue weighted by Gasteiger charge is 2.60. The number of rotatable bonds is 6. The number of esters is 1. The molecule has 0 aromatic heterocycles. The van der Waals surface area contributed by atoms with Gasteiger partial charge in [0, 0.05) is 6.92 Å². The maximum Gasteiger partial charge on any atom is 0.303 e. The van der Waals surface area contributed by atoms with E-state index >= 15 is 0 Å². The van der Waals surface area contributed by atoms with Crippen LogP contribution in [0.5, 0.6) is 0 Å². The summed E-state index contributed by atoms with van der Waals surface area (Å²) < 4.78 is 20.8. The second kappa shape index (κ2) is 8.39. The molecule has 12 nitrogen and oxygen atoms in total. The van der Waals surface area contributed by atoms with Gasteiger partial charge in [0.1, 0.15) is 43.2 Å². The molecule has 12 heteroatoms. The van der Waals surface area contributed by atoms with E-state index in [2.05, 4.69) is 0 Å². The van der Waals surface area contributed by atoms with Crippen molar-refractivity contribution in [2.45, 2.75) is 61.7 Å². The summed E-state index contributed by atoms with van der Waals surface area (Å²) in [6, 6.07) is 0. The highest BCUT2D eigenvalue weighted by atomic mass is 16.8. The number of aliphatic hydroxyl groups is 7. The fourth-order valence-electron chi connectivity index (χ4n) is 2.95. The minimum atomic E-state index is -2.23. The number of carbonyl (C=O) groups excluding carboxylic acids is 1. The van der Waals surface area contributed by atoms with E-state index in [4.69, 9.17) is 18.9 Å². The number of hydrogen-bond acceptors (Lipinski definition) is 12. The first kappa shape index (κ1) is 21.4. The predicted octanol–water partition coefficient (Wildman–Crippen LogP) is -4.82. The third kappa shape index (κ3) is 3.84. The average molecular weight is 384 g/mol. The standard InChI is InChI=1S/C14H24O12/c1-5(18)23-12-9(20)7(3-16)25-14(12,4-17)26-13-11(22)10(21)8(19)6(2-15)24-13/h6-13,15-17,19-22H,2-4H2,1H3/t6-,7-,8-,9-,10+,11-,12+,13-,14+/m1/s1. The molecule has 2 fully saturated rings. The van der Waals surface area contributed by atoms with Crippen LogP contribution in [0.4, 0.5) is 0 Å². The molecule has 0 aliphatic carbocycles. The van der Waals surface area contributed by atoms with Gasteiger partial charge in [-0.15, -0.1) is 0 Å². The topological polar surface area (TPSA) is 196 Å². The van der Waals surface area contributed by atoms with E-state index in [1.165, 1.54) is 0 Å². The van der Waals surface area contributed by atoms with Crippen molar-refractivity contribution >= 4 is 5.97 Å². The van der Waals surface area contributed by atoms with Gasteiger partial charge in [-0.3, -0.25) is 4.79 Å². The lowest BCUT2D eigenvalue weighted by molar-refractivity contribution is -0.383. The molecule has 2 aliphatic rings. The number of ether oxygens (including phenoxy) is 4. The first-order chi connectivity index (χ1) is 12.2. The largest absolute Gasteiger partial charge is 0.454 e. The van der Waals surface area contributed by atoms with Crippen LogP contribution in [0.2, 0.25) is 0 Å². The van der Waals surface area contributed by atoms with Crippen molar-refractivity contribution in [2.75, 3.05) is 19.8 Å². The van der Waals surface area contributed by atoms with E-state index in [9.17, 15) is 40.5 Å². The SMILES string of the molecule is CC(=O)O[C@H]1[C@H](O)[C@@H](CO)O[C@@]1(CO)O[C@H]1O[C@H](CO)[C@@H](O)[C@H](O)[C@H]1O.